The fraction of sp³-hybridized carbons (Fsp3) is 0.300. The second-order valence-corrected chi connectivity index (χ2v) is 5.86. The third-order valence-corrected chi connectivity index (χ3v) is 4.21. The van der Waals surface area contributed by atoms with Gasteiger partial charge in [0.05, 0.1) is 28.4 Å². The third kappa shape index (κ3) is 4.28. The molecule has 0 unspecified atom stereocenters. The maximum Gasteiger partial charge on any atom is 0.321 e. The molecule has 3 rings (SSSR count). The quantitative estimate of drug-likeness (QED) is 0.599. The Morgan fingerprint density at radius 1 is 0.821 bits per heavy atom. The smallest absolute Gasteiger partial charge is 0.321 e. The molecule has 0 bridgehead atoms. The molecule has 8 nitrogen and oxygen atoms in total. The molecular weight excluding hydrogens is 362 g/mol. The monoisotopic (exact) mass is 385 g/mol. The molecule has 0 radical (unpaired) electrons. The zero-order valence-corrected chi connectivity index (χ0v) is 16.3. The van der Waals surface area contributed by atoms with E-state index < -0.39 is 0 Å². The van der Waals surface area contributed by atoms with Crippen molar-refractivity contribution in [2.24, 2.45) is 0 Å². The predicted octanol–water partition coefficient (Wildman–Crippen LogP) is 3.43. The summed E-state index contributed by atoms with van der Waals surface area (Å²) in [5, 5.41) is 7.14. The van der Waals surface area contributed by atoms with Gasteiger partial charge in [-0.25, -0.2) is 0 Å². The van der Waals surface area contributed by atoms with Crippen molar-refractivity contribution in [3.8, 4) is 34.4 Å². The Morgan fingerprint density at radius 2 is 1.46 bits per heavy atom. The summed E-state index contributed by atoms with van der Waals surface area (Å²) in [6, 6.07) is 11.6. The van der Waals surface area contributed by atoms with E-state index >= 15 is 0 Å². The van der Waals surface area contributed by atoms with Crippen LogP contribution in [0.5, 0.6) is 23.0 Å². The SMILES string of the molecule is COc1ccc(CCNc2nc(-c3ccc(OC)c(OC)c3)no2)cc1OC. The van der Waals surface area contributed by atoms with Crippen molar-refractivity contribution < 1.29 is 23.5 Å². The number of aromatic nitrogens is 2. The van der Waals surface area contributed by atoms with Gasteiger partial charge in [0.2, 0.25) is 5.82 Å². The van der Waals surface area contributed by atoms with Crippen LogP contribution in [0.1, 0.15) is 5.56 Å². The molecule has 2 aromatic carbocycles. The highest BCUT2D eigenvalue weighted by Crippen LogP contribution is 2.31. The van der Waals surface area contributed by atoms with Gasteiger partial charge in [-0.05, 0) is 42.3 Å². The van der Waals surface area contributed by atoms with E-state index in [0.717, 1.165) is 17.5 Å². The largest absolute Gasteiger partial charge is 0.493 e. The molecule has 8 heteroatoms. The molecule has 0 aliphatic rings. The van der Waals surface area contributed by atoms with Gasteiger partial charge in [-0.15, -0.1) is 0 Å². The van der Waals surface area contributed by atoms with Crippen molar-refractivity contribution in [2.45, 2.75) is 6.42 Å². The summed E-state index contributed by atoms with van der Waals surface area (Å²) in [5.41, 5.74) is 1.87. The Hall–Kier alpha value is -3.42. The minimum absolute atomic E-state index is 0.352. The van der Waals surface area contributed by atoms with Gasteiger partial charge in [-0.1, -0.05) is 11.2 Å². The van der Waals surface area contributed by atoms with Gasteiger partial charge in [0.25, 0.3) is 0 Å². The van der Waals surface area contributed by atoms with E-state index in [-0.39, 0.29) is 0 Å². The summed E-state index contributed by atoms with van der Waals surface area (Å²) in [6.45, 7) is 0.628. The molecule has 1 aromatic heterocycles. The van der Waals surface area contributed by atoms with Gasteiger partial charge in [-0.2, -0.15) is 4.98 Å². The number of rotatable bonds is 9. The van der Waals surface area contributed by atoms with Gasteiger partial charge in [-0.3, -0.25) is 0 Å². The van der Waals surface area contributed by atoms with Crippen molar-refractivity contribution in [1.29, 1.82) is 0 Å². The molecule has 0 spiro atoms. The lowest BCUT2D eigenvalue weighted by atomic mass is 10.1. The maximum absolute atomic E-state index is 5.32. The van der Waals surface area contributed by atoms with E-state index in [4.69, 9.17) is 23.5 Å². The van der Waals surface area contributed by atoms with Crippen LogP contribution in [0, 0.1) is 0 Å². The first-order chi connectivity index (χ1) is 13.7. The topological polar surface area (TPSA) is 87.9 Å². The number of hydrogen-bond acceptors (Lipinski definition) is 8. The highest BCUT2D eigenvalue weighted by molar-refractivity contribution is 5.61. The van der Waals surface area contributed by atoms with E-state index in [9.17, 15) is 0 Å². The van der Waals surface area contributed by atoms with Crippen molar-refractivity contribution in [3.05, 3.63) is 42.0 Å². The lowest BCUT2D eigenvalue weighted by Crippen LogP contribution is -2.05. The van der Waals surface area contributed by atoms with Gasteiger partial charge in [0.15, 0.2) is 23.0 Å². The summed E-state index contributed by atoms with van der Waals surface area (Å²) >= 11 is 0. The first-order valence-electron chi connectivity index (χ1n) is 8.69. The lowest BCUT2D eigenvalue weighted by molar-refractivity contribution is 0.354. The van der Waals surface area contributed by atoms with Gasteiger partial charge in [0, 0.05) is 12.1 Å². The highest BCUT2D eigenvalue weighted by Gasteiger charge is 2.12. The van der Waals surface area contributed by atoms with Crippen LogP contribution in [-0.2, 0) is 6.42 Å². The Bertz CT molecular complexity index is 926. The zero-order chi connectivity index (χ0) is 19.9. The first-order valence-corrected chi connectivity index (χ1v) is 8.69. The van der Waals surface area contributed by atoms with Crippen LogP contribution >= 0.6 is 0 Å². The van der Waals surface area contributed by atoms with E-state index in [1.807, 2.05) is 24.3 Å². The zero-order valence-electron chi connectivity index (χ0n) is 16.3. The highest BCUT2D eigenvalue weighted by atomic mass is 16.5. The molecule has 1 N–H and O–H groups in total. The van der Waals surface area contributed by atoms with Gasteiger partial charge in [0.1, 0.15) is 0 Å². The van der Waals surface area contributed by atoms with Crippen LogP contribution in [0.3, 0.4) is 0 Å². The molecule has 1 heterocycles. The normalized spacial score (nSPS) is 10.4. The van der Waals surface area contributed by atoms with Crippen LogP contribution in [0.15, 0.2) is 40.9 Å². The van der Waals surface area contributed by atoms with E-state index in [1.54, 1.807) is 40.6 Å². The van der Waals surface area contributed by atoms with Crippen molar-refractivity contribution in [3.63, 3.8) is 0 Å². The molecule has 0 saturated carbocycles. The molecule has 3 aromatic rings. The Kier molecular flexibility index (Phi) is 6.21. The second-order valence-electron chi connectivity index (χ2n) is 5.86. The summed E-state index contributed by atoms with van der Waals surface area (Å²) in [7, 11) is 6.41. The van der Waals surface area contributed by atoms with Crippen LogP contribution < -0.4 is 24.3 Å². The van der Waals surface area contributed by atoms with Crippen LogP contribution in [-0.4, -0.2) is 45.1 Å². The average molecular weight is 385 g/mol. The third-order valence-electron chi connectivity index (χ3n) is 4.21. The Morgan fingerprint density at radius 3 is 2.14 bits per heavy atom. The minimum Gasteiger partial charge on any atom is -0.493 e. The maximum atomic E-state index is 5.32. The van der Waals surface area contributed by atoms with E-state index in [2.05, 4.69) is 15.5 Å². The molecule has 148 valence electrons. The van der Waals surface area contributed by atoms with Crippen molar-refractivity contribution in [1.82, 2.24) is 10.1 Å². The Labute approximate surface area is 163 Å². The first kappa shape index (κ1) is 19.3. The number of nitrogens with zero attached hydrogens (tertiary/aromatic N) is 2. The van der Waals surface area contributed by atoms with Gasteiger partial charge >= 0.3 is 6.01 Å². The second kappa shape index (κ2) is 8.98. The molecule has 0 aliphatic heterocycles. The average Bonchev–Trinajstić information content (AvgIpc) is 3.22. The minimum atomic E-state index is 0.352. The standard InChI is InChI=1S/C20H23N3O5/c1-24-15-7-5-13(11-17(15)26-3)9-10-21-20-22-19(23-28-20)14-6-8-16(25-2)18(12-14)27-4/h5-8,11-12H,9-10H2,1-4H3,(H,21,22,23). The van der Waals surface area contributed by atoms with Crippen LogP contribution in [0.4, 0.5) is 6.01 Å². The fourth-order valence-corrected chi connectivity index (χ4v) is 2.74. The molecular formula is C20H23N3O5. The van der Waals surface area contributed by atoms with E-state index in [1.165, 1.54) is 0 Å². The number of hydrogen-bond donors (Lipinski definition) is 1. The lowest BCUT2D eigenvalue weighted by Gasteiger charge is -2.09. The molecule has 0 atom stereocenters. The van der Waals surface area contributed by atoms with Crippen LogP contribution in [0.2, 0.25) is 0 Å². The molecule has 0 aliphatic carbocycles. The number of nitrogens with one attached hydrogen (secondary N) is 1. The number of methoxy groups -OCH3 is 4. The molecule has 0 saturated heterocycles. The van der Waals surface area contributed by atoms with E-state index in [0.29, 0.717) is 41.4 Å². The summed E-state index contributed by atoms with van der Waals surface area (Å²) in [6.07, 6.45) is 0.758. The fourth-order valence-electron chi connectivity index (χ4n) is 2.74. The number of benzene rings is 2. The number of ether oxygens (including phenoxy) is 4. The van der Waals surface area contributed by atoms with Crippen molar-refractivity contribution in [2.75, 3.05) is 40.3 Å². The molecule has 0 amide bonds. The van der Waals surface area contributed by atoms with Gasteiger partial charge < -0.3 is 28.8 Å². The summed E-state index contributed by atoms with van der Waals surface area (Å²) < 4.78 is 26.4. The van der Waals surface area contributed by atoms with Crippen LogP contribution in [0.25, 0.3) is 11.4 Å². The number of anilines is 1. The Balaban J connectivity index is 1.62. The summed E-state index contributed by atoms with van der Waals surface area (Å²) in [5.74, 6) is 3.12. The predicted molar refractivity (Wildman–Crippen MR) is 105 cm³/mol. The van der Waals surface area contributed by atoms with Crippen molar-refractivity contribution >= 4 is 6.01 Å². The molecule has 0 fully saturated rings. The summed E-state index contributed by atoms with van der Waals surface area (Å²) in [4.78, 5) is 4.37. The molecule has 28 heavy (non-hydrogen) atoms.